The summed E-state index contributed by atoms with van der Waals surface area (Å²) < 4.78 is 0. The zero-order valence-electron chi connectivity index (χ0n) is 7.77. The summed E-state index contributed by atoms with van der Waals surface area (Å²) in [5.74, 6) is 1.01. The summed E-state index contributed by atoms with van der Waals surface area (Å²) in [6.45, 7) is 2.28. The Kier molecular flexibility index (Phi) is 3.61. The standard InChI is InChI=1S/C10H19N/c1-3-4-9-5-7-10(11-2)8-6-9/h9H,3-8H2,1-2H3. The third-order valence-electron chi connectivity index (χ3n) is 2.70. The molecule has 1 aliphatic carbocycles. The molecule has 1 saturated carbocycles. The molecule has 1 heteroatoms. The Bertz CT molecular complexity index is 128. The second kappa shape index (κ2) is 4.53. The summed E-state index contributed by atoms with van der Waals surface area (Å²) in [7, 11) is 1.93. The van der Waals surface area contributed by atoms with Crippen LogP contribution in [-0.4, -0.2) is 12.8 Å². The van der Waals surface area contributed by atoms with Crippen LogP contribution in [0.15, 0.2) is 4.99 Å². The highest BCUT2D eigenvalue weighted by Gasteiger charge is 2.15. The van der Waals surface area contributed by atoms with Crippen molar-refractivity contribution in [3.8, 4) is 0 Å². The largest absolute Gasteiger partial charge is 0.297 e. The quantitative estimate of drug-likeness (QED) is 0.578. The lowest BCUT2D eigenvalue weighted by Gasteiger charge is -2.22. The smallest absolute Gasteiger partial charge is 0.0276 e. The van der Waals surface area contributed by atoms with Gasteiger partial charge >= 0.3 is 0 Å². The van der Waals surface area contributed by atoms with E-state index in [0.29, 0.717) is 0 Å². The van der Waals surface area contributed by atoms with Crippen molar-refractivity contribution >= 4 is 5.71 Å². The molecule has 1 rings (SSSR count). The van der Waals surface area contributed by atoms with Gasteiger partial charge in [-0.25, -0.2) is 0 Å². The molecule has 11 heavy (non-hydrogen) atoms. The van der Waals surface area contributed by atoms with Gasteiger partial charge in [0.2, 0.25) is 0 Å². The summed E-state index contributed by atoms with van der Waals surface area (Å²) in [5.41, 5.74) is 1.44. The van der Waals surface area contributed by atoms with Gasteiger partial charge < -0.3 is 0 Å². The molecule has 0 unspecified atom stereocenters. The Labute approximate surface area is 69.9 Å². The molecule has 0 saturated heterocycles. The second-order valence-electron chi connectivity index (χ2n) is 3.52. The Morgan fingerprint density at radius 3 is 2.45 bits per heavy atom. The zero-order chi connectivity index (χ0) is 8.10. The second-order valence-corrected chi connectivity index (χ2v) is 3.52. The Hall–Kier alpha value is -0.330. The van der Waals surface area contributed by atoms with Crippen LogP contribution < -0.4 is 0 Å². The number of aliphatic imine (C=N–C) groups is 1. The number of hydrogen-bond donors (Lipinski definition) is 0. The molecule has 0 atom stereocenters. The van der Waals surface area contributed by atoms with E-state index in [4.69, 9.17) is 0 Å². The van der Waals surface area contributed by atoms with Crippen LogP contribution in [0.2, 0.25) is 0 Å². The van der Waals surface area contributed by atoms with Crippen molar-refractivity contribution in [1.29, 1.82) is 0 Å². The summed E-state index contributed by atoms with van der Waals surface area (Å²) in [4.78, 5) is 4.26. The summed E-state index contributed by atoms with van der Waals surface area (Å²) >= 11 is 0. The molecule has 0 bridgehead atoms. The molecule has 0 radical (unpaired) electrons. The van der Waals surface area contributed by atoms with Crippen molar-refractivity contribution in [2.45, 2.75) is 45.4 Å². The molecule has 0 aromatic rings. The maximum Gasteiger partial charge on any atom is 0.0276 e. The number of hydrogen-bond acceptors (Lipinski definition) is 1. The van der Waals surface area contributed by atoms with Crippen LogP contribution >= 0.6 is 0 Å². The van der Waals surface area contributed by atoms with Crippen molar-refractivity contribution < 1.29 is 0 Å². The molecule has 0 aromatic carbocycles. The first kappa shape index (κ1) is 8.76. The zero-order valence-corrected chi connectivity index (χ0v) is 7.77. The highest BCUT2D eigenvalue weighted by atomic mass is 14.7. The monoisotopic (exact) mass is 153 g/mol. The first-order chi connectivity index (χ1) is 5.36. The minimum absolute atomic E-state index is 1.01. The van der Waals surface area contributed by atoms with E-state index < -0.39 is 0 Å². The topological polar surface area (TPSA) is 12.4 Å². The molecule has 1 aliphatic rings. The molecule has 64 valence electrons. The van der Waals surface area contributed by atoms with E-state index in [1.807, 2.05) is 7.05 Å². The minimum atomic E-state index is 1.01. The van der Waals surface area contributed by atoms with Crippen molar-refractivity contribution in [1.82, 2.24) is 0 Å². The maximum atomic E-state index is 4.26. The fourth-order valence-electron chi connectivity index (χ4n) is 1.93. The molecule has 0 heterocycles. The SMILES string of the molecule is CCCC1CCC(=NC)CC1. The van der Waals surface area contributed by atoms with Gasteiger partial charge in [0, 0.05) is 12.8 Å². The van der Waals surface area contributed by atoms with E-state index in [1.165, 1.54) is 44.2 Å². The Morgan fingerprint density at radius 2 is 2.00 bits per heavy atom. The van der Waals surface area contributed by atoms with E-state index in [9.17, 15) is 0 Å². The van der Waals surface area contributed by atoms with E-state index >= 15 is 0 Å². The van der Waals surface area contributed by atoms with Gasteiger partial charge in [-0.3, -0.25) is 4.99 Å². The average molecular weight is 153 g/mol. The Balaban J connectivity index is 2.24. The number of rotatable bonds is 2. The lowest BCUT2D eigenvalue weighted by atomic mass is 9.85. The van der Waals surface area contributed by atoms with Crippen molar-refractivity contribution in [3.05, 3.63) is 0 Å². The molecule has 0 amide bonds. The molecule has 0 spiro atoms. The van der Waals surface area contributed by atoms with Crippen LogP contribution in [0.5, 0.6) is 0 Å². The predicted octanol–water partition coefficient (Wildman–Crippen LogP) is 3.05. The minimum Gasteiger partial charge on any atom is -0.297 e. The van der Waals surface area contributed by atoms with Crippen molar-refractivity contribution in [2.24, 2.45) is 10.9 Å². The van der Waals surface area contributed by atoms with Crippen LogP contribution in [0.25, 0.3) is 0 Å². The molecule has 0 N–H and O–H groups in total. The third kappa shape index (κ3) is 2.64. The predicted molar refractivity (Wildman–Crippen MR) is 50.2 cm³/mol. The Morgan fingerprint density at radius 1 is 1.36 bits per heavy atom. The van der Waals surface area contributed by atoms with Gasteiger partial charge in [0.25, 0.3) is 0 Å². The van der Waals surface area contributed by atoms with Crippen molar-refractivity contribution in [3.63, 3.8) is 0 Å². The first-order valence-corrected chi connectivity index (χ1v) is 4.81. The normalized spacial score (nSPS) is 25.3. The highest BCUT2D eigenvalue weighted by molar-refractivity contribution is 5.84. The van der Waals surface area contributed by atoms with Crippen LogP contribution in [0, 0.1) is 5.92 Å². The highest BCUT2D eigenvalue weighted by Crippen LogP contribution is 2.25. The van der Waals surface area contributed by atoms with Crippen molar-refractivity contribution in [2.75, 3.05) is 7.05 Å². The lowest BCUT2D eigenvalue weighted by molar-refractivity contribution is 0.408. The van der Waals surface area contributed by atoms with Crippen LogP contribution in [0.4, 0.5) is 0 Å². The number of nitrogens with zero attached hydrogens (tertiary/aromatic N) is 1. The molecule has 1 fully saturated rings. The van der Waals surface area contributed by atoms with Gasteiger partial charge in [-0.05, 0) is 31.6 Å². The van der Waals surface area contributed by atoms with E-state index in [-0.39, 0.29) is 0 Å². The van der Waals surface area contributed by atoms with Gasteiger partial charge in [0.1, 0.15) is 0 Å². The third-order valence-corrected chi connectivity index (χ3v) is 2.70. The fourth-order valence-corrected chi connectivity index (χ4v) is 1.93. The molecular weight excluding hydrogens is 134 g/mol. The van der Waals surface area contributed by atoms with Gasteiger partial charge in [0.15, 0.2) is 0 Å². The van der Waals surface area contributed by atoms with Crippen LogP contribution in [-0.2, 0) is 0 Å². The summed E-state index contributed by atoms with van der Waals surface area (Å²) in [6, 6.07) is 0. The van der Waals surface area contributed by atoms with Gasteiger partial charge in [-0.1, -0.05) is 19.8 Å². The van der Waals surface area contributed by atoms with Gasteiger partial charge in [0.05, 0.1) is 0 Å². The molecular formula is C10H19N. The lowest BCUT2D eigenvalue weighted by Crippen LogP contribution is -2.13. The molecule has 0 aromatic heterocycles. The van der Waals surface area contributed by atoms with Crippen LogP contribution in [0.1, 0.15) is 45.4 Å². The van der Waals surface area contributed by atoms with E-state index in [0.717, 1.165) is 5.92 Å². The maximum absolute atomic E-state index is 4.26. The van der Waals surface area contributed by atoms with E-state index in [2.05, 4.69) is 11.9 Å². The van der Waals surface area contributed by atoms with Crippen LogP contribution in [0.3, 0.4) is 0 Å². The first-order valence-electron chi connectivity index (χ1n) is 4.81. The molecule has 0 aliphatic heterocycles. The van der Waals surface area contributed by atoms with Gasteiger partial charge in [-0.15, -0.1) is 0 Å². The van der Waals surface area contributed by atoms with E-state index in [1.54, 1.807) is 0 Å². The summed E-state index contributed by atoms with van der Waals surface area (Å²) in [5, 5.41) is 0. The van der Waals surface area contributed by atoms with Gasteiger partial charge in [-0.2, -0.15) is 0 Å². The molecule has 1 nitrogen and oxygen atoms in total. The average Bonchev–Trinajstić information content (AvgIpc) is 2.07. The summed E-state index contributed by atoms with van der Waals surface area (Å²) in [6.07, 6.45) is 8.09. The fraction of sp³-hybridized carbons (Fsp3) is 0.900.